The average Bonchev–Trinajstić information content (AvgIpc) is 2.72. The Kier molecular flexibility index (Phi) is 4.96. The van der Waals surface area contributed by atoms with Crippen LogP contribution in [0.25, 0.3) is 11.0 Å². The van der Waals surface area contributed by atoms with Crippen molar-refractivity contribution < 1.29 is 13.9 Å². The lowest BCUT2D eigenvalue weighted by atomic mass is 9.98. The van der Waals surface area contributed by atoms with Gasteiger partial charge in [-0.2, -0.15) is 0 Å². The Hall–Kier alpha value is -3.02. The van der Waals surface area contributed by atoms with Crippen molar-refractivity contribution in [2.45, 2.75) is 12.8 Å². The van der Waals surface area contributed by atoms with Crippen molar-refractivity contribution in [2.24, 2.45) is 5.92 Å². The molecule has 1 aliphatic rings. The summed E-state index contributed by atoms with van der Waals surface area (Å²) in [4.78, 5) is 23.4. The molecule has 0 radical (unpaired) electrons. The van der Waals surface area contributed by atoms with Crippen LogP contribution in [0.2, 0.25) is 0 Å². The lowest BCUT2D eigenvalue weighted by Gasteiger charge is -2.32. The number of carbonyl (C=O) groups excluding carboxylic acids is 1. The van der Waals surface area contributed by atoms with Gasteiger partial charge in [-0.15, -0.1) is 0 Å². The standard InChI is InChI=1S/C21H20FN3O2/c22-16-7-1-4-10-20(16)27-14-15-6-5-11-25(13-15)21(26)19-12-23-17-8-2-3-9-18(17)24-19/h1-4,7-10,12,15H,5-6,11,13-14H2/t15-/m0/s1. The zero-order valence-corrected chi connectivity index (χ0v) is 14.8. The van der Waals surface area contributed by atoms with Crippen LogP contribution in [-0.4, -0.2) is 40.5 Å². The molecule has 1 aromatic heterocycles. The summed E-state index contributed by atoms with van der Waals surface area (Å²) in [5.41, 5.74) is 1.83. The first-order valence-corrected chi connectivity index (χ1v) is 9.09. The summed E-state index contributed by atoms with van der Waals surface area (Å²) in [5, 5.41) is 0. The van der Waals surface area contributed by atoms with E-state index in [-0.39, 0.29) is 23.4 Å². The Bertz CT molecular complexity index is 963. The monoisotopic (exact) mass is 365 g/mol. The second kappa shape index (κ2) is 7.70. The number of piperidine rings is 1. The molecule has 2 heterocycles. The summed E-state index contributed by atoms with van der Waals surface area (Å²) in [7, 11) is 0. The summed E-state index contributed by atoms with van der Waals surface area (Å²) in [6, 6.07) is 13.9. The van der Waals surface area contributed by atoms with Crippen molar-refractivity contribution in [1.29, 1.82) is 0 Å². The number of amides is 1. The molecule has 0 N–H and O–H groups in total. The number of fused-ring (bicyclic) bond motifs is 1. The summed E-state index contributed by atoms with van der Waals surface area (Å²) < 4.78 is 19.3. The smallest absolute Gasteiger partial charge is 0.274 e. The summed E-state index contributed by atoms with van der Waals surface area (Å²) in [6.45, 7) is 1.64. The number of benzene rings is 2. The largest absolute Gasteiger partial charge is 0.490 e. The molecular weight excluding hydrogens is 345 g/mol. The van der Waals surface area contributed by atoms with Gasteiger partial charge >= 0.3 is 0 Å². The van der Waals surface area contributed by atoms with Gasteiger partial charge < -0.3 is 9.64 Å². The first-order chi connectivity index (χ1) is 13.2. The highest BCUT2D eigenvalue weighted by Crippen LogP contribution is 2.22. The summed E-state index contributed by atoms with van der Waals surface area (Å²) in [5.74, 6) is -0.0754. The highest BCUT2D eigenvalue weighted by Gasteiger charge is 2.26. The molecule has 5 nitrogen and oxygen atoms in total. The molecule has 1 aliphatic heterocycles. The number of ether oxygens (including phenoxy) is 1. The summed E-state index contributed by atoms with van der Waals surface area (Å²) in [6.07, 6.45) is 3.36. The molecule has 138 valence electrons. The van der Waals surface area contributed by atoms with E-state index in [1.165, 1.54) is 12.3 Å². The van der Waals surface area contributed by atoms with Crippen LogP contribution in [0.4, 0.5) is 4.39 Å². The molecule has 0 aliphatic carbocycles. The Morgan fingerprint density at radius 1 is 1.15 bits per heavy atom. The summed E-state index contributed by atoms with van der Waals surface area (Å²) >= 11 is 0. The zero-order valence-electron chi connectivity index (χ0n) is 14.8. The molecule has 0 spiro atoms. The Morgan fingerprint density at radius 3 is 2.78 bits per heavy atom. The first-order valence-electron chi connectivity index (χ1n) is 9.09. The zero-order chi connectivity index (χ0) is 18.6. The van der Waals surface area contributed by atoms with Crippen molar-refractivity contribution >= 4 is 16.9 Å². The van der Waals surface area contributed by atoms with E-state index in [9.17, 15) is 9.18 Å². The van der Waals surface area contributed by atoms with E-state index in [2.05, 4.69) is 9.97 Å². The third-order valence-electron chi connectivity index (χ3n) is 4.79. The normalized spacial score (nSPS) is 17.1. The first kappa shape index (κ1) is 17.4. The molecular formula is C21H20FN3O2. The number of para-hydroxylation sites is 3. The highest BCUT2D eigenvalue weighted by molar-refractivity contribution is 5.93. The van der Waals surface area contributed by atoms with Crippen LogP contribution in [0.5, 0.6) is 5.75 Å². The third-order valence-corrected chi connectivity index (χ3v) is 4.79. The third kappa shape index (κ3) is 3.89. The number of hydrogen-bond acceptors (Lipinski definition) is 4. The van der Waals surface area contributed by atoms with E-state index in [0.29, 0.717) is 30.9 Å². The number of rotatable bonds is 4. The van der Waals surface area contributed by atoms with Gasteiger partial charge in [0.1, 0.15) is 5.69 Å². The van der Waals surface area contributed by atoms with E-state index >= 15 is 0 Å². The van der Waals surface area contributed by atoms with Gasteiger partial charge in [0.2, 0.25) is 0 Å². The predicted molar refractivity (Wildman–Crippen MR) is 100 cm³/mol. The van der Waals surface area contributed by atoms with Crippen molar-refractivity contribution in [1.82, 2.24) is 14.9 Å². The van der Waals surface area contributed by atoms with E-state index < -0.39 is 0 Å². The van der Waals surface area contributed by atoms with Crippen molar-refractivity contribution in [3.8, 4) is 5.75 Å². The molecule has 27 heavy (non-hydrogen) atoms. The number of nitrogens with zero attached hydrogens (tertiary/aromatic N) is 3. The van der Waals surface area contributed by atoms with Crippen molar-refractivity contribution in [3.63, 3.8) is 0 Å². The Labute approximate surface area is 156 Å². The van der Waals surface area contributed by atoms with Gasteiger partial charge in [0, 0.05) is 19.0 Å². The molecule has 1 fully saturated rings. The van der Waals surface area contributed by atoms with Gasteiger partial charge in [-0.1, -0.05) is 24.3 Å². The van der Waals surface area contributed by atoms with Crippen LogP contribution in [0.3, 0.4) is 0 Å². The van der Waals surface area contributed by atoms with Crippen LogP contribution in [0, 0.1) is 11.7 Å². The fraction of sp³-hybridized carbons (Fsp3) is 0.286. The number of likely N-dealkylation sites (tertiary alicyclic amines) is 1. The van der Waals surface area contributed by atoms with Gasteiger partial charge in [-0.25, -0.2) is 9.37 Å². The van der Waals surface area contributed by atoms with E-state index in [1.54, 1.807) is 23.1 Å². The van der Waals surface area contributed by atoms with E-state index in [1.807, 2.05) is 24.3 Å². The van der Waals surface area contributed by atoms with Crippen molar-refractivity contribution in [2.75, 3.05) is 19.7 Å². The lowest BCUT2D eigenvalue weighted by Crippen LogP contribution is -2.42. The van der Waals surface area contributed by atoms with Crippen LogP contribution in [0.15, 0.2) is 54.7 Å². The molecule has 1 saturated heterocycles. The topological polar surface area (TPSA) is 55.3 Å². The second-order valence-corrected chi connectivity index (χ2v) is 6.74. The average molecular weight is 365 g/mol. The predicted octanol–water partition coefficient (Wildman–Crippen LogP) is 3.70. The Morgan fingerprint density at radius 2 is 1.93 bits per heavy atom. The number of aromatic nitrogens is 2. The van der Waals surface area contributed by atoms with Crippen LogP contribution in [0.1, 0.15) is 23.3 Å². The second-order valence-electron chi connectivity index (χ2n) is 6.74. The lowest BCUT2D eigenvalue weighted by molar-refractivity contribution is 0.0625. The fourth-order valence-electron chi connectivity index (χ4n) is 3.38. The molecule has 3 aromatic rings. The van der Waals surface area contributed by atoms with Crippen LogP contribution < -0.4 is 4.74 Å². The SMILES string of the molecule is O=C(c1cnc2ccccc2n1)N1CCC[C@H](COc2ccccc2F)C1. The van der Waals surface area contributed by atoms with Crippen molar-refractivity contribution in [3.05, 3.63) is 66.2 Å². The minimum absolute atomic E-state index is 0.121. The minimum Gasteiger partial charge on any atom is -0.490 e. The molecule has 0 saturated carbocycles. The molecule has 1 atom stereocenters. The fourth-order valence-corrected chi connectivity index (χ4v) is 3.38. The molecule has 2 aromatic carbocycles. The van der Waals surface area contributed by atoms with Crippen LogP contribution >= 0.6 is 0 Å². The number of hydrogen-bond donors (Lipinski definition) is 0. The van der Waals surface area contributed by atoms with Gasteiger partial charge in [0.05, 0.1) is 23.8 Å². The van der Waals surface area contributed by atoms with Gasteiger partial charge in [0.25, 0.3) is 5.91 Å². The van der Waals surface area contributed by atoms with Gasteiger partial charge in [-0.05, 0) is 37.1 Å². The quantitative estimate of drug-likeness (QED) is 0.707. The number of carbonyl (C=O) groups is 1. The number of halogens is 1. The van der Waals surface area contributed by atoms with E-state index in [0.717, 1.165) is 18.4 Å². The van der Waals surface area contributed by atoms with Gasteiger partial charge in [0.15, 0.2) is 11.6 Å². The minimum atomic E-state index is -0.368. The Balaban J connectivity index is 1.42. The molecule has 0 bridgehead atoms. The molecule has 6 heteroatoms. The highest BCUT2D eigenvalue weighted by atomic mass is 19.1. The van der Waals surface area contributed by atoms with Gasteiger partial charge in [-0.3, -0.25) is 9.78 Å². The maximum atomic E-state index is 13.7. The molecule has 0 unspecified atom stereocenters. The van der Waals surface area contributed by atoms with Crippen LogP contribution in [-0.2, 0) is 0 Å². The van der Waals surface area contributed by atoms with E-state index in [4.69, 9.17) is 4.74 Å². The maximum Gasteiger partial charge on any atom is 0.274 e. The molecule has 4 rings (SSSR count). The maximum absolute atomic E-state index is 13.7. The molecule has 1 amide bonds.